The van der Waals surface area contributed by atoms with Crippen molar-refractivity contribution in [2.75, 3.05) is 17.3 Å². The van der Waals surface area contributed by atoms with Crippen molar-refractivity contribution >= 4 is 33.8 Å². The second-order valence-electron chi connectivity index (χ2n) is 5.80. The van der Waals surface area contributed by atoms with Gasteiger partial charge in [0.15, 0.2) is 0 Å². The molecular formula is C15H25ClN2O3S. The van der Waals surface area contributed by atoms with E-state index in [1.54, 1.807) is 12.1 Å². The minimum Gasteiger partial charge on any atom is -0.325 e. The molecule has 1 amide bonds. The van der Waals surface area contributed by atoms with Crippen LogP contribution in [-0.4, -0.2) is 32.4 Å². The lowest BCUT2D eigenvalue weighted by Crippen LogP contribution is -2.36. The molecule has 22 heavy (non-hydrogen) atoms. The Kier molecular flexibility index (Phi) is 8.66. The number of benzene rings is 1. The number of hydrogen-bond donors (Lipinski definition) is 2. The topological polar surface area (TPSA) is 89.3 Å². The first kappa shape index (κ1) is 20.9. The Morgan fingerprint density at radius 1 is 1.23 bits per heavy atom. The number of hydrogen-bond acceptors (Lipinski definition) is 4. The molecule has 1 atom stereocenters. The lowest BCUT2D eigenvalue weighted by molar-refractivity contribution is -0.117. The van der Waals surface area contributed by atoms with Crippen LogP contribution >= 0.6 is 12.4 Å². The molecule has 0 aromatic heterocycles. The van der Waals surface area contributed by atoms with Crippen molar-refractivity contribution in [2.45, 2.75) is 32.7 Å². The van der Waals surface area contributed by atoms with Crippen LogP contribution in [0.15, 0.2) is 24.3 Å². The maximum absolute atomic E-state index is 11.9. The van der Waals surface area contributed by atoms with Crippen LogP contribution in [-0.2, 0) is 21.1 Å². The van der Waals surface area contributed by atoms with E-state index in [2.05, 4.69) is 5.32 Å². The average Bonchev–Trinajstić information content (AvgIpc) is 2.36. The Hall–Kier alpha value is -1.11. The summed E-state index contributed by atoms with van der Waals surface area (Å²) < 4.78 is 22.2. The van der Waals surface area contributed by atoms with E-state index in [0.717, 1.165) is 5.56 Å². The molecule has 0 aliphatic carbocycles. The van der Waals surface area contributed by atoms with Crippen molar-refractivity contribution in [3.63, 3.8) is 0 Å². The molecule has 1 aromatic rings. The van der Waals surface area contributed by atoms with Crippen LogP contribution in [0, 0.1) is 5.92 Å². The van der Waals surface area contributed by atoms with E-state index in [9.17, 15) is 13.2 Å². The largest absolute Gasteiger partial charge is 0.325 e. The highest BCUT2D eigenvalue weighted by Gasteiger charge is 2.14. The Morgan fingerprint density at radius 2 is 1.77 bits per heavy atom. The molecule has 7 heteroatoms. The van der Waals surface area contributed by atoms with Crippen LogP contribution in [0.3, 0.4) is 0 Å². The fourth-order valence-corrected chi connectivity index (χ4v) is 2.51. The second kappa shape index (κ2) is 9.12. The lowest BCUT2D eigenvalue weighted by Gasteiger charge is -2.14. The highest BCUT2D eigenvalue weighted by molar-refractivity contribution is 7.90. The summed E-state index contributed by atoms with van der Waals surface area (Å²) in [6.45, 7) is 4.04. The van der Waals surface area contributed by atoms with Gasteiger partial charge in [-0.15, -0.1) is 12.4 Å². The van der Waals surface area contributed by atoms with Crippen molar-refractivity contribution in [1.82, 2.24) is 0 Å². The summed E-state index contributed by atoms with van der Waals surface area (Å²) in [5, 5.41) is 2.76. The quantitative estimate of drug-likeness (QED) is 0.788. The number of halogens is 1. The summed E-state index contributed by atoms with van der Waals surface area (Å²) in [4.78, 5) is 11.9. The van der Waals surface area contributed by atoms with Gasteiger partial charge in [0, 0.05) is 11.9 Å². The molecule has 0 fully saturated rings. The summed E-state index contributed by atoms with van der Waals surface area (Å²) in [6, 6.07) is 6.63. The van der Waals surface area contributed by atoms with E-state index < -0.39 is 15.9 Å². The summed E-state index contributed by atoms with van der Waals surface area (Å²) >= 11 is 0. The smallest absolute Gasteiger partial charge is 0.241 e. The fraction of sp³-hybridized carbons (Fsp3) is 0.533. The third-order valence-corrected chi connectivity index (χ3v) is 3.99. The van der Waals surface area contributed by atoms with Gasteiger partial charge in [-0.3, -0.25) is 4.79 Å². The molecule has 126 valence electrons. The molecule has 0 radical (unpaired) electrons. The van der Waals surface area contributed by atoms with Crippen LogP contribution in [0.2, 0.25) is 0 Å². The molecule has 0 saturated heterocycles. The summed E-state index contributed by atoms with van der Waals surface area (Å²) in [5.41, 5.74) is 7.40. The summed E-state index contributed by atoms with van der Waals surface area (Å²) in [7, 11) is -2.96. The van der Waals surface area contributed by atoms with Crippen LogP contribution < -0.4 is 11.1 Å². The van der Waals surface area contributed by atoms with Crippen molar-refractivity contribution in [1.29, 1.82) is 0 Å². The molecule has 0 aliphatic heterocycles. The number of carbonyl (C=O) groups excluding carboxylic acids is 1. The lowest BCUT2D eigenvalue weighted by atomic mass is 10.0. The standard InChI is InChI=1S/C15H24N2O3S.ClH/c1-11(2)10-14(16)15(18)17-13-6-4-12(5-7-13)8-9-21(3,19)20;/h4-7,11,14H,8-10,16H2,1-3H3,(H,17,18);1H/t14-;/m0./s1. The number of aryl methyl sites for hydroxylation is 1. The SMILES string of the molecule is CC(C)C[C@H](N)C(=O)Nc1ccc(CCS(C)(=O)=O)cc1.Cl. The molecule has 0 bridgehead atoms. The monoisotopic (exact) mass is 348 g/mol. The minimum atomic E-state index is -2.96. The average molecular weight is 349 g/mol. The van der Waals surface area contributed by atoms with Gasteiger partial charge in [0.1, 0.15) is 9.84 Å². The molecule has 3 N–H and O–H groups in total. The van der Waals surface area contributed by atoms with Gasteiger partial charge >= 0.3 is 0 Å². The number of anilines is 1. The van der Waals surface area contributed by atoms with Gasteiger partial charge in [-0.1, -0.05) is 26.0 Å². The van der Waals surface area contributed by atoms with Crippen LogP contribution in [0.25, 0.3) is 0 Å². The first-order valence-corrected chi connectivity index (χ1v) is 9.06. The zero-order valence-electron chi connectivity index (χ0n) is 13.2. The van der Waals surface area contributed by atoms with Crippen molar-refractivity contribution in [3.8, 4) is 0 Å². The number of amides is 1. The van der Waals surface area contributed by atoms with Gasteiger partial charge in [-0.25, -0.2) is 8.42 Å². The predicted octanol–water partition coefficient (Wildman–Crippen LogP) is 2.01. The number of rotatable bonds is 7. The Bertz CT molecular complexity index is 571. The second-order valence-corrected chi connectivity index (χ2v) is 8.06. The van der Waals surface area contributed by atoms with Crippen LogP contribution in [0.4, 0.5) is 5.69 Å². The van der Waals surface area contributed by atoms with E-state index in [4.69, 9.17) is 5.73 Å². The predicted molar refractivity (Wildman–Crippen MR) is 93.2 cm³/mol. The molecule has 0 unspecified atom stereocenters. The number of carbonyl (C=O) groups is 1. The van der Waals surface area contributed by atoms with E-state index in [0.29, 0.717) is 24.4 Å². The number of nitrogens with two attached hydrogens (primary N) is 1. The Morgan fingerprint density at radius 3 is 2.23 bits per heavy atom. The van der Waals surface area contributed by atoms with Gasteiger partial charge in [-0.2, -0.15) is 0 Å². The molecular weight excluding hydrogens is 324 g/mol. The maximum atomic E-state index is 11.9. The zero-order valence-corrected chi connectivity index (χ0v) is 14.8. The van der Waals surface area contributed by atoms with Crippen molar-refractivity contribution < 1.29 is 13.2 Å². The van der Waals surface area contributed by atoms with Crippen molar-refractivity contribution in [3.05, 3.63) is 29.8 Å². The van der Waals surface area contributed by atoms with E-state index in [1.165, 1.54) is 6.26 Å². The highest BCUT2D eigenvalue weighted by atomic mass is 35.5. The third-order valence-electron chi connectivity index (χ3n) is 3.05. The fourth-order valence-electron chi connectivity index (χ4n) is 1.91. The van der Waals surface area contributed by atoms with Crippen LogP contribution in [0.5, 0.6) is 0 Å². The van der Waals surface area contributed by atoms with Gasteiger partial charge in [0.2, 0.25) is 5.91 Å². The highest BCUT2D eigenvalue weighted by Crippen LogP contribution is 2.12. The zero-order chi connectivity index (χ0) is 16.0. The molecule has 0 aliphatic rings. The molecule has 0 heterocycles. The summed E-state index contributed by atoms with van der Waals surface area (Å²) in [5.74, 6) is 0.287. The van der Waals surface area contributed by atoms with Gasteiger partial charge in [-0.05, 0) is 36.5 Å². The van der Waals surface area contributed by atoms with E-state index >= 15 is 0 Å². The molecule has 1 rings (SSSR count). The van der Waals surface area contributed by atoms with Crippen molar-refractivity contribution in [2.24, 2.45) is 11.7 Å². The first-order chi connectivity index (χ1) is 9.67. The normalized spacial score (nSPS) is 12.6. The first-order valence-electron chi connectivity index (χ1n) is 7.00. The molecule has 0 spiro atoms. The number of nitrogens with one attached hydrogen (secondary N) is 1. The molecule has 1 aromatic carbocycles. The number of sulfone groups is 1. The Balaban J connectivity index is 0.00000441. The molecule has 0 saturated carbocycles. The maximum Gasteiger partial charge on any atom is 0.241 e. The molecule has 5 nitrogen and oxygen atoms in total. The Labute approximate surface area is 139 Å². The minimum absolute atomic E-state index is 0. The van der Waals surface area contributed by atoms with Gasteiger partial charge in [0.25, 0.3) is 0 Å². The van der Waals surface area contributed by atoms with Gasteiger partial charge in [0.05, 0.1) is 11.8 Å². The summed E-state index contributed by atoms with van der Waals surface area (Å²) in [6.07, 6.45) is 2.33. The van der Waals surface area contributed by atoms with Crippen LogP contribution in [0.1, 0.15) is 25.8 Å². The third kappa shape index (κ3) is 8.36. The van der Waals surface area contributed by atoms with E-state index in [-0.39, 0.29) is 24.1 Å². The van der Waals surface area contributed by atoms with E-state index in [1.807, 2.05) is 26.0 Å². The van der Waals surface area contributed by atoms with Gasteiger partial charge < -0.3 is 11.1 Å².